The lowest BCUT2D eigenvalue weighted by Crippen LogP contribution is -2.05. The van der Waals surface area contributed by atoms with Crippen LogP contribution >= 0.6 is 0 Å². The molecule has 0 unspecified atom stereocenters. The monoisotopic (exact) mass is 268 g/mol. The first-order valence-corrected chi connectivity index (χ1v) is 6.53. The topological polar surface area (TPSA) is 47.9 Å². The second kappa shape index (κ2) is 7.24. The minimum atomic E-state index is 0.152. The van der Waals surface area contributed by atoms with Gasteiger partial charge in [-0.15, -0.1) is 0 Å². The van der Waals surface area contributed by atoms with Gasteiger partial charge in [0.25, 0.3) is 0 Å². The number of hydrogen-bond acceptors (Lipinski definition) is 4. The van der Waals surface area contributed by atoms with Gasteiger partial charge in [-0.25, -0.2) is 0 Å². The number of methoxy groups -OCH3 is 3. The van der Waals surface area contributed by atoms with Gasteiger partial charge in [0, 0.05) is 17.7 Å². The summed E-state index contributed by atoms with van der Waals surface area (Å²) in [5, 5.41) is 8.98. The van der Waals surface area contributed by atoms with Gasteiger partial charge >= 0.3 is 0 Å². The SMILES string of the molecule is COc1cc(CCCO)c(OC)c(OC)c1C(C)C. The zero-order valence-electron chi connectivity index (χ0n) is 12.4. The van der Waals surface area contributed by atoms with Crippen LogP contribution in [0.2, 0.25) is 0 Å². The van der Waals surface area contributed by atoms with Crippen LogP contribution in [0.4, 0.5) is 0 Å². The first kappa shape index (κ1) is 15.6. The Morgan fingerprint density at radius 1 is 1.05 bits per heavy atom. The number of aliphatic hydroxyl groups excluding tert-OH is 1. The maximum atomic E-state index is 8.98. The molecule has 108 valence electrons. The van der Waals surface area contributed by atoms with E-state index >= 15 is 0 Å². The number of rotatable bonds is 7. The van der Waals surface area contributed by atoms with Gasteiger partial charge in [-0.2, -0.15) is 0 Å². The maximum absolute atomic E-state index is 8.98. The molecule has 4 nitrogen and oxygen atoms in total. The lowest BCUT2D eigenvalue weighted by molar-refractivity contribution is 0.286. The van der Waals surface area contributed by atoms with Gasteiger partial charge in [0.15, 0.2) is 11.5 Å². The van der Waals surface area contributed by atoms with Gasteiger partial charge in [-0.3, -0.25) is 0 Å². The Morgan fingerprint density at radius 2 is 1.68 bits per heavy atom. The van der Waals surface area contributed by atoms with E-state index in [2.05, 4.69) is 13.8 Å². The number of hydrogen-bond donors (Lipinski definition) is 1. The first-order chi connectivity index (χ1) is 9.10. The lowest BCUT2D eigenvalue weighted by atomic mass is 9.96. The van der Waals surface area contributed by atoms with Gasteiger partial charge in [0.1, 0.15) is 5.75 Å². The highest BCUT2D eigenvalue weighted by molar-refractivity contribution is 5.59. The summed E-state index contributed by atoms with van der Waals surface area (Å²) >= 11 is 0. The van der Waals surface area contributed by atoms with Crippen LogP contribution in [0.1, 0.15) is 37.3 Å². The van der Waals surface area contributed by atoms with Crippen molar-refractivity contribution in [3.63, 3.8) is 0 Å². The molecule has 1 aromatic carbocycles. The molecule has 0 aliphatic carbocycles. The van der Waals surface area contributed by atoms with Crippen molar-refractivity contribution in [3.8, 4) is 17.2 Å². The van der Waals surface area contributed by atoms with E-state index in [0.717, 1.165) is 34.8 Å². The summed E-state index contributed by atoms with van der Waals surface area (Å²) in [5.74, 6) is 2.54. The molecular formula is C15H24O4. The lowest BCUT2D eigenvalue weighted by Gasteiger charge is -2.21. The van der Waals surface area contributed by atoms with Crippen LogP contribution in [0.25, 0.3) is 0 Å². The van der Waals surface area contributed by atoms with E-state index in [1.54, 1.807) is 21.3 Å². The summed E-state index contributed by atoms with van der Waals surface area (Å²) < 4.78 is 16.5. The molecule has 0 fully saturated rings. The smallest absolute Gasteiger partial charge is 0.168 e. The molecule has 0 aromatic heterocycles. The fourth-order valence-corrected chi connectivity index (χ4v) is 2.28. The Balaban J connectivity index is 3.42. The standard InChI is InChI=1S/C15H24O4/c1-10(2)13-12(17-3)9-11(7-6-8-16)14(18-4)15(13)19-5/h9-10,16H,6-8H2,1-5H3. The molecule has 0 aliphatic rings. The van der Waals surface area contributed by atoms with Gasteiger partial charge in [-0.1, -0.05) is 13.8 Å². The van der Waals surface area contributed by atoms with Gasteiger partial charge in [-0.05, 0) is 24.8 Å². The normalized spacial score (nSPS) is 10.7. The summed E-state index contributed by atoms with van der Waals surface area (Å²) in [5.41, 5.74) is 2.00. The van der Waals surface area contributed by atoms with Crippen molar-refractivity contribution in [2.75, 3.05) is 27.9 Å². The predicted molar refractivity (Wildman–Crippen MR) is 75.6 cm³/mol. The highest BCUT2D eigenvalue weighted by Crippen LogP contribution is 2.44. The van der Waals surface area contributed by atoms with E-state index in [9.17, 15) is 0 Å². The van der Waals surface area contributed by atoms with Crippen LogP contribution in [0.5, 0.6) is 17.2 Å². The van der Waals surface area contributed by atoms with Crippen molar-refractivity contribution < 1.29 is 19.3 Å². The molecule has 1 N–H and O–H groups in total. The second-order valence-corrected chi connectivity index (χ2v) is 4.70. The average molecular weight is 268 g/mol. The molecular weight excluding hydrogens is 244 g/mol. The predicted octanol–water partition coefficient (Wildman–Crippen LogP) is 2.76. The van der Waals surface area contributed by atoms with Gasteiger partial charge in [0.2, 0.25) is 0 Å². The van der Waals surface area contributed by atoms with Gasteiger partial charge in [0.05, 0.1) is 21.3 Å². The van der Waals surface area contributed by atoms with Crippen LogP contribution in [-0.4, -0.2) is 33.0 Å². The Kier molecular flexibility index (Phi) is 5.96. The Labute approximate surface area is 115 Å². The Hall–Kier alpha value is -1.42. The third kappa shape index (κ3) is 3.32. The molecule has 1 aromatic rings. The largest absolute Gasteiger partial charge is 0.496 e. The van der Waals surface area contributed by atoms with Gasteiger partial charge < -0.3 is 19.3 Å². The molecule has 0 radical (unpaired) electrons. The van der Waals surface area contributed by atoms with Crippen LogP contribution < -0.4 is 14.2 Å². The maximum Gasteiger partial charge on any atom is 0.168 e. The molecule has 0 heterocycles. The number of aryl methyl sites for hydroxylation is 1. The van der Waals surface area contributed by atoms with E-state index in [0.29, 0.717) is 6.42 Å². The zero-order valence-corrected chi connectivity index (χ0v) is 12.4. The van der Waals surface area contributed by atoms with E-state index < -0.39 is 0 Å². The molecule has 0 amide bonds. The minimum absolute atomic E-state index is 0.152. The van der Waals surface area contributed by atoms with Crippen LogP contribution in [0.3, 0.4) is 0 Å². The third-order valence-electron chi connectivity index (χ3n) is 3.12. The fourth-order valence-electron chi connectivity index (χ4n) is 2.28. The number of benzene rings is 1. The quantitative estimate of drug-likeness (QED) is 0.826. The molecule has 0 saturated carbocycles. The third-order valence-corrected chi connectivity index (χ3v) is 3.12. The van der Waals surface area contributed by atoms with Crippen molar-refractivity contribution in [3.05, 3.63) is 17.2 Å². The zero-order chi connectivity index (χ0) is 14.4. The van der Waals surface area contributed by atoms with Crippen molar-refractivity contribution >= 4 is 0 Å². The van der Waals surface area contributed by atoms with Crippen molar-refractivity contribution in [1.82, 2.24) is 0 Å². The highest BCUT2D eigenvalue weighted by atomic mass is 16.5. The average Bonchev–Trinajstić information content (AvgIpc) is 2.42. The summed E-state index contributed by atoms with van der Waals surface area (Å²) in [4.78, 5) is 0. The summed E-state index contributed by atoms with van der Waals surface area (Å²) in [6, 6.07) is 1.98. The van der Waals surface area contributed by atoms with E-state index in [4.69, 9.17) is 19.3 Å². The number of aliphatic hydroxyl groups is 1. The molecule has 0 atom stereocenters. The van der Waals surface area contributed by atoms with Crippen molar-refractivity contribution in [1.29, 1.82) is 0 Å². The summed E-state index contributed by atoms with van der Waals surface area (Å²) in [6.07, 6.45) is 1.41. The second-order valence-electron chi connectivity index (χ2n) is 4.70. The van der Waals surface area contributed by atoms with Crippen LogP contribution in [-0.2, 0) is 6.42 Å². The van der Waals surface area contributed by atoms with E-state index in [-0.39, 0.29) is 12.5 Å². The Morgan fingerprint density at radius 3 is 2.11 bits per heavy atom. The van der Waals surface area contributed by atoms with Crippen LogP contribution in [0.15, 0.2) is 6.07 Å². The van der Waals surface area contributed by atoms with E-state index in [1.807, 2.05) is 6.07 Å². The van der Waals surface area contributed by atoms with Crippen LogP contribution in [0, 0.1) is 0 Å². The minimum Gasteiger partial charge on any atom is -0.496 e. The van der Waals surface area contributed by atoms with Crippen molar-refractivity contribution in [2.24, 2.45) is 0 Å². The molecule has 0 aliphatic heterocycles. The summed E-state index contributed by atoms with van der Waals surface area (Å²) in [6.45, 7) is 4.33. The number of ether oxygens (including phenoxy) is 3. The molecule has 0 spiro atoms. The molecule has 0 saturated heterocycles. The molecule has 0 bridgehead atoms. The van der Waals surface area contributed by atoms with E-state index in [1.165, 1.54) is 0 Å². The van der Waals surface area contributed by atoms with Crippen molar-refractivity contribution in [2.45, 2.75) is 32.6 Å². The molecule has 1 rings (SSSR count). The fraction of sp³-hybridized carbons (Fsp3) is 0.600. The summed E-state index contributed by atoms with van der Waals surface area (Å²) in [7, 11) is 4.93. The highest BCUT2D eigenvalue weighted by Gasteiger charge is 2.22. The first-order valence-electron chi connectivity index (χ1n) is 6.53. The molecule has 19 heavy (non-hydrogen) atoms. The molecule has 4 heteroatoms. The Bertz CT molecular complexity index is 413.